The van der Waals surface area contributed by atoms with E-state index in [2.05, 4.69) is 14.7 Å². The van der Waals surface area contributed by atoms with Crippen LogP contribution in [0.5, 0.6) is 5.75 Å². The Bertz CT molecular complexity index is 1520. The third-order valence-corrected chi connectivity index (χ3v) is 6.38. The van der Waals surface area contributed by atoms with E-state index in [9.17, 15) is 18.5 Å². The molecule has 0 spiro atoms. The Labute approximate surface area is 200 Å². The summed E-state index contributed by atoms with van der Waals surface area (Å²) in [5.74, 6) is 0.0705. The van der Waals surface area contributed by atoms with Gasteiger partial charge in [-0.1, -0.05) is 36.4 Å². The zero-order valence-electron chi connectivity index (χ0n) is 18.0. The van der Waals surface area contributed by atoms with Gasteiger partial charge in [0.25, 0.3) is 11.1 Å². The Morgan fingerprint density at radius 3 is 2.65 bits per heavy atom. The summed E-state index contributed by atoms with van der Waals surface area (Å²) in [5, 5.41) is 12.5. The molecule has 34 heavy (non-hydrogen) atoms. The lowest BCUT2D eigenvalue weighted by molar-refractivity contribution is -0.112. The Morgan fingerprint density at radius 1 is 1.21 bits per heavy atom. The van der Waals surface area contributed by atoms with E-state index in [-0.39, 0.29) is 15.9 Å². The van der Waals surface area contributed by atoms with Crippen molar-refractivity contribution in [3.8, 4) is 11.8 Å². The van der Waals surface area contributed by atoms with Crippen molar-refractivity contribution in [2.24, 2.45) is 0 Å². The van der Waals surface area contributed by atoms with Crippen molar-refractivity contribution in [3.63, 3.8) is 0 Å². The molecule has 0 saturated carbocycles. The number of anilines is 1. The van der Waals surface area contributed by atoms with Crippen molar-refractivity contribution < 1.29 is 17.9 Å². The van der Waals surface area contributed by atoms with E-state index in [1.54, 1.807) is 0 Å². The van der Waals surface area contributed by atoms with Crippen LogP contribution in [0.2, 0.25) is 0 Å². The molecule has 0 bridgehead atoms. The predicted octanol–water partition coefficient (Wildman–Crippen LogP) is 3.52. The van der Waals surface area contributed by atoms with Gasteiger partial charge in [0.2, 0.25) is 15.0 Å². The van der Waals surface area contributed by atoms with E-state index in [0.717, 1.165) is 34.4 Å². The standard InChI is InChI=1S/C23H19N5O4S2/c1-34(30,31)23-26-22(33-27-23)25-21(29)16(14-24)13-17-15-28(20-10-6-5-9-19(17)20)11-12-32-18-7-3-2-4-8-18/h2-10,13,15H,11-12H2,1H3,(H,25,26,27,29)/b16-13-. The Balaban J connectivity index is 1.55. The molecular weight excluding hydrogens is 474 g/mol. The molecule has 0 radical (unpaired) electrons. The number of carbonyl (C=O) groups excluding carboxylic acids is 1. The highest BCUT2D eigenvalue weighted by Gasteiger charge is 2.18. The van der Waals surface area contributed by atoms with Gasteiger partial charge in [-0.2, -0.15) is 14.6 Å². The highest BCUT2D eigenvalue weighted by Crippen LogP contribution is 2.24. The molecule has 172 valence electrons. The summed E-state index contributed by atoms with van der Waals surface area (Å²) in [6, 6.07) is 19.1. The van der Waals surface area contributed by atoms with Gasteiger partial charge in [0, 0.05) is 40.5 Å². The Kier molecular flexibility index (Phi) is 6.72. The quantitative estimate of drug-likeness (QED) is 0.294. The number of aromatic nitrogens is 3. The van der Waals surface area contributed by atoms with Crippen LogP contribution in [0.1, 0.15) is 5.56 Å². The second-order valence-corrected chi connectivity index (χ2v) is 9.90. The average Bonchev–Trinajstić information content (AvgIpc) is 3.43. The van der Waals surface area contributed by atoms with Crippen LogP contribution in [0.15, 0.2) is 71.5 Å². The molecule has 0 saturated heterocycles. The van der Waals surface area contributed by atoms with Gasteiger partial charge in [0.1, 0.15) is 24.0 Å². The molecule has 0 unspecified atom stereocenters. The molecule has 0 fully saturated rings. The number of nitrogens with zero attached hydrogens (tertiary/aromatic N) is 4. The summed E-state index contributed by atoms with van der Waals surface area (Å²) in [5.41, 5.74) is 1.47. The van der Waals surface area contributed by atoms with Crippen LogP contribution in [0.25, 0.3) is 17.0 Å². The number of benzene rings is 2. The first-order valence-corrected chi connectivity index (χ1v) is 12.7. The molecule has 9 nitrogen and oxygen atoms in total. The minimum atomic E-state index is -3.59. The van der Waals surface area contributed by atoms with Gasteiger partial charge < -0.3 is 9.30 Å². The number of amides is 1. The number of nitrogens with one attached hydrogen (secondary N) is 1. The summed E-state index contributed by atoms with van der Waals surface area (Å²) in [4.78, 5) is 16.4. The van der Waals surface area contributed by atoms with Gasteiger partial charge in [-0.15, -0.1) is 0 Å². The second kappa shape index (κ2) is 9.86. The predicted molar refractivity (Wildman–Crippen MR) is 129 cm³/mol. The van der Waals surface area contributed by atoms with E-state index in [1.165, 1.54) is 6.08 Å². The fourth-order valence-electron chi connectivity index (χ4n) is 3.23. The number of nitriles is 1. The monoisotopic (exact) mass is 493 g/mol. The van der Waals surface area contributed by atoms with Gasteiger partial charge in [-0.25, -0.2) is 8.42 Å². The van der Waals surface area contributed by atoms with Crippen molar-refractivity contribution in [2.75, 3.05) is 18.2 Å². The second-order valence-electron chi connectivity index (χ2n) is 7.23. The number of rotatable bonds is 8. The van der Waals surface area contributed by atoms with Crippen molar-refractivity contribution in [1.29, 1.82) is 5.26 Å². The number of sulfone groups is 1. The van der Waals surface area contributed by atoms with E-state index in [4.69, 9.17) is 4.74 Å². The first-order valence-electron chi connectivity index (χ1n) is 10.1. The molecule has 4 aromatic rings. The van der Waals surface area contributed by atoms with E-state index >= 15 is 0 Å². The largest absolute Gasteiger partial charge is 0.492 e. The molecule has 11 heteroatoms. The maximum Gasteiger partial charge on any atom is 0.268 e. The molecule has 1 amide bonds. The fourth-order valence-corrected chi connectivity index (χ4v) is 4.67. The number of para-hydroxylation sites is 2. The molecule has 0 atom stereocenters. The molecule has 0 aliphatic heterocycles. The van der Waals surface area contributed by atoms with Crippen molar-refractivity contribution in [1.82, 2.24) is 13.9 Å². The summed E-state index contributed by atoms with van der Waals surface area (Å²) in [6.07, 6.45) is 4.32. The van der Waals surface area contributed by atoms with Gasteiger partial charge in [-0.3, -0.25) is 10.1 Å². The zero-order chi connectivity index (χ0) is 24.1. The minimum absolute atomic E-state index is 0.00735. The van der Waals surface area contributed by atoms with Crippen LogP contribution < -0.4 is 10.1 Å². The van der Waals surface area contributed by atoms with Gasteiger partial charge in [-0.05, 0) is 24.3 Å². The number of carbonyl (C=O) groups is 1. The Morgan fingerprint density at radius 2 is 1.94 bits per heavy atom. The van der Waals surface area contributed by atoms with Crippen molar-refractivity contribution in [3.05, 3.63) is 71.9 Å². The SMILES string of the molecule is CS(=O)(=O)c1nsc(NC(=O)/C(C#N)=C\c2cn(CCOc3ccccc3)c3ccccc23)n1. The van der Waals surface area contributed by atoms with Gasteiger partial charge in [0.15, 0.2) is 0 Å². The highest BCUT2D eigenvalue weighted by molar-refractivity contribution is 7.90. The lowest BCUT2D eigenvalue weighted by Crippen LogP contribution is -2.13. The van der Waals surface area contributed by atoms with Gasteiger partial charge >= 0.3 is 0 Å². The Hall–Kier alpha value is -4.01. The first-order chi connectivity index (χ1) is 16.3. The smallest absolute Gasteiger partial charge is 0.268 e. The lowest BCUT2D eigenvalue weighted by Gasteiger charge is -2.08. The summed E-state index contributed by atoms with van der Waals surface area (Å²) in [6.45, 7) is 1.01. The van der Waals surface area contributed by atoms with Crippen LogP contribution in [0.4, 0.5) is 5.13 Å². The maximum atomic E-state index is 12.6. The van der Waals surface area contributed by atoms with Crippen LogP contribution in [-0.2, 0) is 21.2 Å². The fraction of sp³-hybridized carbons (Fsp3) is 0.130. The van der Waals surface area contributed by atoms with E-state index < -0.39 is 15.7 Å². The van der Waals surface area contributed by atoms with Crippen molar-refractivity contribution in [2.45, 2.75) is 11.7 Å². The summed E-state index contributed by atoms with van der Waals surface area (Å²) < 4.78 is 34.6. The summed E-state index contributed by atoms with van der Waals surface area (Å²) in [7, 11) is -3.59. The van der Waals surface area contributed by atoms with E-state index in [0.29, 0.717) is 18.7 Å². The topological polar surface area (TPSA) is 127 Å². The maximum absolute atomic E-state index is 12.6. The first kappa shape index (κ1) is 23.2. The van der Waals surface area contributed by atoms with Crippen LogP contribution in [-0.4, -0.2) is 41.1 Å². The minimum Gasteiger partial charge on any atom is -0.492 e. The van der Waals surface area contributed by atoms with Crippen LogP contribution >= 0.6 is 11.5 Å². The molecule has 2 heterocycles. The average molecular weight is 494 g/mol. The molecule has 1 N–H and O–H groups in total. The van der Waals surface area contributed by atoms with Gasteiger partial charge in [0.05, 0.1) is 6.54 Å². The lowest BCUT2D eigenvalue weighted by atomic mass is 10.1. The molecule has 0 aliphatic carbocycles. The number of fused-ring (bicyclic) bond motifs is 1. The van der Waals surface area contributed by atoms with Crippen molar-refractivity contribution >= 4 is 49.4 Å². The highest BCUT2D eigenvalue weighted by atomic mass is 32.2. The zero-order valence-corrected chi connectivity index (χ0v) is 19.6. The molecule has 2 aromatic heterocycles. The third-order valence-electron chi connectivity index (χ3n) is 4.79. The number of hydrogen-bond acceptors (Lipinski definition) is 8. The molecule has 0 aliphatic rings. The molecular formula is C23H19N5O4S2. The van der Waals surface area contributed by atoms with E-state index in [1.807, 2.05) is 71.4 Å². The summed E-state index contributed by atoms with van der Waals surface area (Å²) >= 11 is 0.726. The van der Waals surface area contributed by atoms with Crippen LogP contribution in [0, 0.1) is 11.3 Å². The number of hydrogen-bond donors (Lipinski definition) is 1. The number of ether oxygens (including phenoxy) is 1. The normalized spacial score (nSPS) is 11.8. The van der Waals surface area contributed by atoms with Crippen LogP contribution in [0.3, 0.4) is 0 Å². The molecule has 2 aromatic carbocycles. The third kappa shape index (κ3) is 5.31. The molecule has 4 rings (SSSR count).